The van der Waals surface area contributed by atoms with E-state index in [4.69, 9.17) is 4.74 Å². The first-order valence-electron chi connectivity index (χ1n) is 8.67. The molecule has 3 unspecified atom stereocenters. The summed E-state index contributed by atoms with van der Waals surface area (Å²) in [4.78, 5) is 0. The number of nitrogens with one attached hydrogen (secondary N) is 1. The lowest BCUT2D eigenvalue weighted by Crippen LogP contribution is -2.42. The molecule has 0 aromatic heterocycles. The van der Waals surface area contributed by atoms with E-state index in [1.165, 1.54) is 36.8 Å². The van der Waals surface area contributed by atoms with Crippen molar-refractivity contribution in [3.05, 3.63) is 29.3 Å². The minimum Gasteiger partial charge on any atom is -0.493 e. The molecule has 0 radical (unpaired) electrons. The Morgan fingerprint density at radius 3 is 2.76 bits per heavy atom. The van der Waals surface area contributed by atoms with E-state index < -0.39 is 0 Å². The van der Waals surface area contributed by atoms with Crippen LogP contribution < -0.4 is 10.1 Å². The van der Waals surface area contributed by atoms with Gasteiger partial charge in [-0.15, -0.1) is 0 Å². The van der Waals surface area contributed by atoms with Crippen LogP contribution in [0.15, 0.2) is 18.2 Å². The van der Waals surface area contributed by atoms with Crippen molar-refractivity contribution in [3.8, 4) is 5.75 Å². The lowest BCUT2D eigenvalue weighted by Gasteiger charge is -2.37. The van der Waals surface area contributed by atoms with Gasteiger partial charge in [0.1, 0.15) is 5.75 Å². The van der Waals surface area contributed by atoms with Crippen molar-refractivity contribution in [3.63, 3.8) is 0 Å². The molecule has 1 N–H and O–H groups in total. The summed E-state index contributed by atoms with van der Waals surface area (Å²) in [6.45, 7) is 7.91. The van der Waals surface area contributed by atoms with Crippen molar-refractivity contribution in [1.82, 2.24) is 5.32 Å². The Bertz CT molecular complexity index is 482. The molecule has 1 aliphatic carbocycles. The molecule has 1 aliphatic heterocycles. The Labute approximate surface area is 129 Å². The quantitative estimate of drug-likeness (QED) is 0.881. The molecular weight excluding hydrogens is 258 g/mol. The SMILES string of the molecule is CC(NC1CCCCC1C(C)C)c1ccc2c(c1)CCO2. The summed E-state index contributed by atoms with van der Waals surface area (Å²) in [5.41, 5.74) is 2.79. The van der Waals surface area contributed by atoms with E-state index in [1.807, 2.05) is 0 Å². The normalized spacial score (nSPS) is 26.5. The second-order valence-electron chi connectivity index (χ2n) is 7.15. The maximum atomic E-state index is 5.61. The Morgan fingerprint density at radius 1 is 1.14 bits per heavy atom. The highest BCUT2D eigenvalue weighted by Gasteiger charge is 2.28. The highest BCUT2D eigenvalue weighted by atomic mass is 16.5. The molecule has 21 heavy (non-hydrogen) atoms. The molecule has 116 valence electrons. The summed E-state index contributed by atoms with van der Waals surface area (Å²) >= 11 is 0. The zero-order valence-electron chi connectivity index (χ0n) is 13.7. The maximum Gasteiger partial charge on any atom is 0.122 e. The number of hydrogen-bond donors (Lipinski definition) is 1. The molecule has 0 bridgehead atoms. The van der Waals surface area contributed by atoms with Gasteiger partial charge in [0.05, 0.1) is 6.61 Å². The smallest absolute Gasteiger partial charge is 0.122 e. The molecule has 1 saturated carbocycles. The van der Waals surface area contributed by atoms with Gasteiger partial charge in [0.25, 0.3) is 0 Å². The van der Waals surface area contributed by atoms with Crippen molar-refractivity contribution >= 4 is 0 Å². The summed E-state index contributed by atoms with van der Waals surface area (Å²) in [6.07, 6.45) is 6.58. The van der Waals surface area contributed by atoms with Crippen LogP contribution in [0.1, 0.15) is 63.6 Å². The molecule has 3 atom stereocenters. The topological polar surface area (TPSA) is 21.3 Å². The van der Waals surface area contributed by atoms with Crippen LogP contribution in [0.25, 0.3) is 0 Å². The van der Waals surface area contributed by atoms with Crippen LogP contribution >= 0.6 is 0 Å². The Kier molecular flexibility index (Phi) is 4.54. The zero-order valence-corrected chi connectivity index (χ0v) is 13.7. The van der Waals surface area contributed by atoms with Gasteiger partial charge in [0, 0.05) is 18.5 Å². The van der Waals surface area contributed by atoms with Gasteiger partial charge in [-0.05, 0) is 48.8 Å². The number of ether oxygens (including phenoxy) is 1. The Morgan fingerprint density at radius 2 is 1.95 bits per heavy atom. The van der Waals surface area contributed by atoms with E-state index in [0.717, 1.165) is 30.6 Å². The van der Waals surface area contributed by atoms with Crippen LogP contribution in [-0.4, -0.2) is 12.6 Å². The van der Waals surface area contributed by atoms with Crippen LogP contribution in [0.5, 0.6) is 5.75 Å². The third-order valence-corrected chi connectivity index (χ3v) is 5.35. The van der Waals surface area contributed by atoms with Crippen molar-refractivity contribution in [2.75, 3.05) is 6.61 Å². The standard InChI is InChI=1S/C19H29NO/c1-13(2)17-6-4-5-7-18(17)20-14(3)15-8-9-19-16(12-15)10-11-21-19/h8-9,12-14,17-18,20H,4-7,10-11H2,1-3H3. The van der Waals surface area contributed by atoms with Crippen LogP contribution in [0.3, 0.4) is 0 Å². The molecule has 1 aromatic carbocycles. The molecule has 2 nitrogen and oxygen atoms in total. The van der Waals surface area contributed by atoms with Crippen molar-refractivity contribution in [2.45, 2.75) is 65.0 Å². The van der Waals surface area contributed by atoms with Gasteiger partial charge in [-0.3, -0.25) is 0 Å². The first kappa shape index (κ1) is 14.9. The van der Waals surface area contributed by atoms with Gasteiger partial charge in [-0.25, -0.2) is 0 Å². The summed E-state index contributed by atoms with van der Waals surface area (Å²) in [7, 11) is 0. The Balaban J connectivity index is 1.68. The van der Waals surface area contributed by atoms with Gasteiger partial charge < -0.3 is 10.1 Å². The summed E-state index contributed by atoms with van der Waals surface area (Å²) < 4.78 is 5.61. The third kappa shape index (κ3) is 3.26. The molecule has 0 spiro atoms. The monoisotopic (exact) mass is 287 g/mol. The highest BCUT2D eigenvalue weighted by Crippen LogP contribution is 2.33. The fourth-order valence-corrected chi connectivity index (χ4v) is 4.06. The molecule has 1 fully saturated rings. The summed E-state index contributed by atoms with van der Waals surface area (Å²) in [6, 6.07) is 7.83. The van der Waals surface area contributed by atoms with E-state index >= 15 is 0 Å². The lowest BCUT2D eigenvalue weighted by molar-refractivity contribution is 0.195. The number of benzene rings is 1. The third-order valence-electron chi connectivity index (χ3n) is 5.35. The predicted molar refractivity (Wildman–Crippen MR) is 87.8 cm³/mol. The van der Waals surface area contributed by atoms with Crippen molar-refractivity contribution in [2.24, 2.45) is 11.8 Å². The molecule has 1 heterocycles. The first-order chi connectivity index (χ1) is 10.1. The first-order valence-corrected chi connectivity index (χ1v) is 8.67. The van der Waals surface area contributed by atoms with Gasteiger partial charge in [-0.2, -0.15) is 0 Å². The van der Waals surface area contributed by atoms with Crippen molar-refractivity contribution < 1.29 is 4.74 Å². The van der Waals surface area contributed by atoms with Crippen LogP contribution in [0, 0.1) is 11.8 Å². The summed E-state index contributed by atoms with van der Waals surface area (Å²) in [5.74, 6) is 2.70. The average molecular weight is 287 g/mol. The van der Waals surface area contributed by atoms with E-state index in [2.05, 4.69) is 44.3 Å². The Hall–Kier alpha value is -1.02. The van der Waals surface area contributed by atoms with E-state index in [0.29, 0.717) is 12.1 Å². The summed E-state index contributed by atoms with van der Waals surface area (Å²) in [5, 5.41) is 3.92. The van der Waals surface area contributed by atoms with Gasteiger partial charge >= 0.3 is 0 Å². The fraction of sp³-hybridized carbons (Fsp3) is 0.684. The number of fused-ring (bicyclic) bond motifs is 1. The van der Waals surface area contributed by atoms with Gasteiger partial charge in [0.2, 0.25) is 0 Å². The average Bonchev–Trinajstić information content (AvgIpc) is 2.94. The van der Waals surface area contributed by atoms with E-state index in [1.54, 1.807) is 0 Å². The minimum absolute atomic E-state index is 0.431. The molecule has 3 rings (SSSR count). The molecule has 0 saturated heterocycles. The zero-order chi connectivity index (χ0) is 14.8. The number of hydrogen-bond acceptors (Lipinski definition) is 2. The lowest BCUT2D eigenvalue weighted by atomic mass is 9.77. The van der Waals surface area contributed by atoms with Crippen LogP contribution in [0.4, 0.5) is 0 Å². The van der Waals surface area contributed by atoms with Crippen LogP contribution in [0.2, 0.25) is 0 Å². The molecule has 2 heteroatoms. The number of rotatable bonds is 4. The minimum atomic E-state index is 0.431. The predicted octanol–water partition coefficient (Wildman–Crippen LogP) is 4.49. The van der Waals surface area contributed by atoms with Gasteiger partial charge in [-0.1, -0.05) is 38.8 Å². The van der Waals surface area contributed by atoms with E-state index in [-0.39, 0.29) is 0 Å². The molecule has 2 aliphatic rings. The second kappa shape index (κ2) is 6.39. The fourth-order valence-electron chi connectivity index (χ4n) is 4.06. The maximum absolute atomic E-state index is 5.61. The van der Waals surface area contributed by atoms with E-state index in [9.17, 15) is 0 Å². The van der Waals surface area contributed by atoms with Gasteiger partial charge in [0.15, 0.2) is 0 Å². The molecular formula is C19H29NO. The molecule has 0 amide bonds. The largest absolute Gasteiger partial charge is 0.493 e. The highest BCUT2D eigenvalue weighted by molar-refractivity contribution is 5.40. The second-order valence-corrected chi connectivity index (χ2v) is 7.15. The molecule has 1 aromatic rings. The van der Waals surface area contributed by atoms with Crippen molar-refractivity contribution in [1.29, 1.82) is 0 Å². The van der Waals surface area contributed by atoms with Crippen LogP contribution in [-0.2, 0) is 6.42 Å².